The summed E-state index contributed by atoms with van der Waals surface area (Å²) in [6.07, 6.45) is 0. The third kappa shape index (κ3) is 4.95. The average molecular weight is 431 g/mol. The van der Waals surface area contributed by atoms with Crippen LogP contribution < -0.4 is 9.84 Å². The number of carbonyl (C=O) groups is 1. The zero-order chi connectivity index (χ0) is 21.6. The Labute approximate surface area is 184 Å². The van der Waals surface area contributed by atoms with Crippen molar-refractivity contribution in [3.63, 3.8) is 0 Å². The lowest BCUT2D eigenvalue weighted by atomic mass is 10.2. The monoisotopic (exact) mass is 430 g/mol. The third-order valence-electron chi connectivity index (χ3n) is 4.62. The number of aromatic nitrogens is 3. The Kier molecular flexibility index (Phi) is 6.33. The minimum atomic E-state index is -1.14. The largest absolute Gasteiger partial charge is 0.549 e. The van der Waals surface area contributed by atoms with Crippen molar-refractivity contribution >= 4 is 17.7 Å². The number of benzene rings is 3. The second-order valence-corrected chi connectivity index (χ2v) is 8.16. The minimum Gasteiger partial charge on any atom is -0.549 e. The maximum absolute atomic E-state index is 11.2. The molecule has 0 bridgehead atoms. The van der Waals surface area contributed by atoms with Gasteiger partial charge in [-0.1, -0.05) is 60.3 Å². The summed E-state index contributed by atoms with van der Waals surface area (Å²) in [4.78, 5) is 11.2. The van der Waals surface area contributed by atoms with Crippen LogP contribution in [0.4, 0.5) is 0 Å². The highest BCUT2D eigenvalue weighted by molar-refractivity contribution is 8.00. The van der Waals surface area contributed by atoms with E-state index >= 15 is 0 Å². The maximum Gasteiger partial charge on any atom is 0.196 e. The summed E-state index contributed by atoms with van der Waals surface area (Å²) < 4.78 is 7.71. The van der Waals surface area contributed by atoms with Crippen molar-refractivity contribution in [2.45, 2.75) is 23.9 Å². The molecule has 1 aromatic heterocycles. The molecule has 156 valence electrons. The summed E-state index contributed by atoms with van der Waals surface area (Å²) in [5.74, 6) is 0.224. The topological polar surface area (TPSA) is 80.1 Å². The molecular formula is C24H20N3O3S-. The van der Waals surface area contributed by atoms with Crippen molar-refractivity contribution in [1.29, 1.82) is 0 Å². The number of aliphatic carboxylic acids is 1. The van der Waals surface area contributed by atoms with Gasteiger partial charge in [-0.15, -0.1) is 10.2 Å². The molecule has 4 aromatic rings. The van der Waals surface area contributed by atoms with Gasteiger partial charge in [-0.25, -0.2) is 0 Å². The van der Waals surface area contributed by atoms with Crippen LogP contribution >= 0.6 is 11.8 Å². The normalized spacial score (nSPS) is 11.8. The van der Waals surface area contributed by atoms with Crippen molar-refractivity contribution in [3.8, 4) is 22.8 Å². The summed E-state index contributed by atoms with van der Waals surface area (Å²) in [6.45, 7) is 2.06. The average Bonchev–Trinajstić information content (AvgIpc) is 3.22. The SMILES string of the molecule is C[C@@H](Sc1nnc(-c2ccc(OCc3ccccc3)cc2)n1-c1ccccc1)C(=O)[O-]. The van der Waals surface area contributed by atoms with Gasteiger partial charge in [-0.2, -0.15) is 0 Å². The Morgan fingerprint density at radius 1 is 0.968 bits per heavy atom. The van der Waals surface area contributed by atoms with Crippen LogP contribution in [0.3, 0.4) is 0 Å². The number of ether oxygens (including phenoxy) is 1. The maximum atomic E-state index is 11.2. The molecule has 0 aliphatic carbocycles. The fourth-order valence-corrected chi connectivity index (χ4v) is 3.79. The van der Waals surface area contributed by atoms with E-state index in [9.17, 15) is 9.90 Å². The Morgan fingerprint density at radius 3 is 2.26 bits per heavy atom. The van der Waals surface area contributed by atoms with Crippen molar-refractivity contribution in [3.05, 3.63) is 90.5 Å². The van der Waals surface area contributed by atoms with Crippen LogP contribution in [-0.4, -0.2) is 26.0 Å². The zero-order valence-electron chi connectivity index (χ0n) is 16.8. The van der Waals surface area contributed by atoms with Crippen molar-refractivity contribution in [1.82, 2.24) is 14.8 Å². The first-order chi connectivity index (χ1) is 15.1. The Hall–Kier alpha value is -3.58. The van der Waals surface area contributed by atoms with Gasteiger partial charge >= 0.3 is 0 Å². The highest BCUT2D eigenvalue weighted by atomic mass is 32.2. The molecule has 0 saturated carbocycles. The van der Waals surface area contributed by atoms with Crippen LogP contribution in [0.15, 0.2) is 90.1 Å². The first-order valence-corrected chi connectivity index (χ1v) is 10.7. The van der Waals surface area contributed by atoms with Crippen molar-refractivity contribution < 1.29 is 14.6 Å². The van der Waals surface area contributed by atoms with Crippen molar-refractivity contribution in [2.75, 3.05) is 0 Å². The molecule has 0 amide bonds. The van der Waals surface area contributed by atoms with Gasteiger partial charge in [0.1, 0.15) is 12.4 Å². The van der Waals surface area contributed by atoms with E-state index in [0.717, 1.165) is 34.3 Å². The number of rotatable bonds is 8. The molecule has 4 rings (SSSR count). The molecule has 0 saturated heterocycles. The van der Waals surface area contributed by atoms with Gasteiger partial charge in [0.2, 0.25) is 0 Å². The summed E-state index contributed by atoms with van der Waals surface area (Å²) in [5.41, 5.74) is 2.79. The van der Waals surface area contributed by atoms with E-state index < -0.39 is 11.2 Å². The van der Waals surface area contributed by atoms with Gasteiger partial charge in [0.05, 0.1) is 5.97 Å². The number of hydrogen-bond donors (Lipinski definition) is 0. The zero-order valence-corrected chi connectivity index (χ0v) is 17.7. The van der Waals surface area contributed by atoms with Gasteiger partial charge in [-0.05, 0) is 48.9 Å². The van der Waals surface area contributed by atoms with Crippen LogP contribution in [0.25, 0.3) is 17.1 Å². The highest BCUT2D eigenvalue weighted by Crippen LogP contribution is 2.30. The van der Waals surface area contributed by atoms with Gasteiger partial charge in [0, 0.05) is 16.5 Å². The molecule has 31 heavy (non-hydrogen) atoms. The van der Waals surface area contributed by atoms with E-state index in [-0.39, 0.29) is 0 Å². The van der Waals surface area contributed by atoms with Crippen molar-refractivity contribution in [2.24, 2.45) is 0 Å². The third-order valence-corrected chi connectivity index (χ3v) is 5.64. The fourth-order valence-electron chi connectivity index (χ4n) is 2.99. The van der Waals surface area contributed by atoms with E-state index in [1.807, 2.05) is 89.5 Å². The van der Waals surface area contributed by atoms with Crippen LogP contribution in [0.1, 0.15) is 12.5 Å². The number of para-hydroxylation sites is 1. The Balaban J connectivity index is 1.61. The summed E-state index contributed by atoms with van der Waals surface area (Å²) in [7, 11) is 0. The summed E-state index contributed by atoms with van der Waals surface area (Å²) >= 11 is 1.10. The molecular weight excluding hydrogens is 410 g/mol. The van der Waals surface area contributed by atoms with Gasteiger partial charge in [-0.3, -0.25) is 4.57 Å². The lowest BCUT2D eigenvalue weighted by molar-refractivity contribution is -0.304. The molecule has 1 heterocycles. The van der Waals surface area contributed by atoms with Gasteiger partial charge in [0.15, 0.2) is 11.0 Å². The first kappa shape index (κ1) is 20.7. The molecule has 6 nitrogen and oxygen atoms in total. The standard InChI is InChI=1S/C24H21N3O3S/c1-17(23(28)29)31-24-26-25-22(27(24)20-10-6-3-7-11-20)19-12-14-21(15-13-19)30-16-18-8-4-2-5-9-18/h2-15,17H,16H2,1H3,(H,28,29)/p-1/t17-/m1/s1. The van der Waals surface area contributed by atoms with E-state index in [2.05, 4.69) is 10.2 Å². The van der Waals surface area contributed by atoms with Crippen LogP contribution in [0.2, 0.25) is 0 Å². The van der Waals surface area contributed by atoms with E-state index in [1.54, 1.807) is 6.92 Å². The Bertz CT molecular complexity index is 1150. The van der Waals surface area contributed by atoms with Gasteiger partial charge in [0.25, 0.3) is 0 Å². The van der Waals surface area contributed by atoms with Crippen LogP contribution in [0, 0.1) is 0 Å². The van der Waals surface area contributed by atoms with Crippen LogP contribution in [0.5, 0.6) is 5.75 Å². The minimum absolute atomic E-state index is 0.488. The summed E-state index contributed by atoms with van der Waals surface area (Å²) in [5, 5.41) is 19.5. The van der Waals surface area contributed by atoms with E-state index in [0.29, 0.717) is 17.6 Å². The molecule has 0 aliphatic heterocycles. The molecule has 3 aromatic carbocycles. The number of hydrogen-bond acceptors (Lipinski definition) is 6. The lowest BCUT2D eigenvalue weighted by Crippen LogP contribution is -2.31. The number of thioether (sulfide) groups is 1. The van der Waals surface area contributed by atoms with E-state index in [4.69, 9.17) is 4.74 Å². The van der Waals surface area contributed by atoms with E-state index in [1.165, 1.54) is 0 Å². The molecule has 1 atom stereocenters. The number of carbonyl (C=O) groups excluding carboxylic acids is 1. The number of carboxylic acid groups (broad SMARTS) is 1. The molecule has 0 spiro atoms. The quantitative estimate of drug-likeness (QED) is 0.396. The molecule has 0 N–H and O–H groups in total. The second-order valence-electron chi connectivity index (χ2n) is 6.85. The molecule has 0 aliphatic rings. The van der Waals surface area contributed by atoms with Crippen LogP contribution in [-0.2, 0) is 11.4 Å². The molecule has 0 unspecified atom stereocenters. The predicted molar refractivity (Wildman–Crippen MR) is 118 cm³/mol. The first-order valence-electron chi connectivity index (χ1n) is 9.77. The predicted octanol–water partition coefficient (Wildman–Crippen LogP) is 3.74. The smallest absolute Gasteiger partial charge is 0.196 e. The lowest BCUT2D eigenvalue weighted by Gasteiger charge is -2.14. The van der Waals surface area contributed by atoms with Gasteiger partial charge < -0.3 is 14.6 Å². The molecule has 0 fully saturated rings. The highest BCUT2D eigenvalue weighted by Gasteiger charge is 2.18. The second kappa shape index (κ2) is 9.49. The number of carboxylic acids is 1. The fraction of sp³-hybridized carbons (Fsp3) is 0.125. The summed E-state index contributed by atoms with van der Waals surface area (Å²) in [6, 6.07) is 27.2. The molecule has 0 radical (unpaired) electrons. The molecule has 7 heteroatoms. The number of nitrogens with zero attached hydrogens (tertiary/aromatic N) is 3. The Morgan fingerprint density at radius 2 is 1.61 bits per heavy atom.